The fourth-order valence-electron chi connectivity index (χ4n) is 2.34. The van der Waals surface area contributed by atoms with E-state index < -0.39 is 11.6 Å². The van der Waals surface area contributed by atoms with Crippen LogP contribution < -0.4 is 5.56 Å². The molecule has 0 aliphatic carbocycles. The molecule has 0 unspecified atom stereocenters. The van der Waals surface area contributed by atoms with Gasteiger partial charge >= 0.3 is 0 Å². The zero-order chi connectivity index (χ0) is 15.7. The predicted octanol–water partition coefficient (Wildman–Crippen LogP) is 3.39. The van der Waals surface area contributed by atoms with Crippen LogP contribution in [0.25, 0.3) is 22.3 Å². The fraction of sp³-hybridized carbons (Fsp3) is 0.0588. The maximum absolute atomic E-state index is 13.5. The summed E-state index contributed by atoms with van der Waals surface area (Å²) in [5.41, 5.74) is 1.34. The van der Waals surface area contributed by atoms with Crippen molar-refractivity contribution in [3.63, 3.8) is 0 Å². The summed E-state index contributed by atoms with van der Waals surface area (Å²) in [5.74, 6) is -0.857. The predicted molar refractivity (Wildman–Crippen MR) is 80.3 cm³/mol. The van der Waals surface area contributed by atoms with Gasteiger partial charge in [-0.25, -0.2) is 13.5 Å². The smallest absolute Gasteiger partial charge is 0.267 e. The van der Waals surface area contributed by atoms with Crippen LogP contribution in [-0.2, 0) is 7.05 Å². The lowest BCUT2D eigenvalue weighted by molar-refractivity contribution is 0.627. The fourth-order valence-corrected chi connectivity index (χ4v) is 2.34. The van der Waals surface area contributed by atoms with E-state index in [0.29, 0.717) is 22.3 Å². The number of hydrogen-bond donors (Lipinski definition) is 0. The second-order valence-electron chi connectivity index (χ2n) is 4.88. The van der Waals surface area contributed by atoms with E-state index in [1.165, 1.54) is 48.3 Å². The van der Waals surface area contributed by atoms with Crippen molar-refractivity contribution in [2.75, 3.05) is 0 Å². The Labute approximate surface area is 125 Å². The molecule has 0 bridgehead atoms. The minimum atomic E-state index is -0.443. The van der Waals surface area contributed by atoms with Crippen LogP contribution >= 0.6 is 0 Å². The molecule has 0 saturated carbocycles. The molecule has 22 heavy (non-hydrogen) atoms. The Balaban J connectivity index is 2.33. The first-order valence-corrected chi connectivity index (χ1v) is 6.64. The average Bonchev–Trinajstić information content (AvgIpc) is 2.50. The number of hydrogen-bond acceptors (Lipinski definition) is 2. The SMILES string of the molecule is Cn1ncc(-c2cccc(F)c2)c(-c2cccc(F)c2)c1=O. The zero-order valence-electron chi connectivity index (χ0n) is 11.8. The van der Waals surface area contributed by atoms with Crippen LogP contribution in [0.15, 0.2) is 59.5 Å². The molecule has 110 valence electrons. The lowest BCUT2D eigenvalue weighted by Gasteiger charge is -2.10. The van der Waals surface area contributed by atoms with Crippen LogP contribution in [0.2, 0.25) is 0 Å². The molecule has 1 heterocycles. The number of aryl methyl sites for hydroxylation is 1. The van der Waals surface area contributed by atoms with Crippen LogP contribution in [0.1, 0.15) is 0 Å². The monoisotopic (exact) mass is 298 g/mol. The van der Waals surface area contributed by atoms with Gasteiger partial charge in [-0.3, -0.25) is 4.79 Å². The third kappa shape index (κ3) is 2.53. The van der Waals surface area contributed by atoms with Gasteiger partial charge in [-0.2, -0.15) is 5.10 Å². The summed E-state index contributed by atoms with van der Waals surface area (Å²) >= 11 is 0. The summed E-state index contributed by atoms with van der Waals surface area (Å²) in [4.78, 5) is 12.4. The summed E-state index contributed by atoms with van der Waals surface area (Å²) in [6.45, 7) is 0. The Kier molecular flexibility index (Phi) is 3.55. The zero-order valence-corrected chi connectivity index (χ0v) is 11.8. The molecule has 0 aliphatic heterocycles. The Morgan fingerprint density at radius 2 is 1.55 bits per heavy atom. The van der Waals surface area contributed by atoms with Crippen molar-refractivity contribution in [1.82, 2.24) is 9.78 Å². The third-order valence-corrected chi connectivity index (χ3v) is 3.39. The molecular weight excluding hydrogens is 286 g/mol. The van der Waals surface area contributed by atoms with E-state index >= 15 is 0 Å². The van der Waals surface area contributed by atoms with Crippen molar-refractivity contribution < 1.29 is 8.78 Å². The Morgan fingerprint density at radius 3 is 2.18 bits per heavy atom. The van der Waals surface area contributed by atoms with Crippen molar-refractivity contribution in [3.8, 4) is 22.3 Å². The molecule has 0 amide bonds. The summed E-state index contributed by atoms with van der Waals surface area (Å²) < 4.78 is 28.1. The van der Waals surface area contributed by atoms with Gasteiger partial charge in [-0.05, 0) is 35.4 Å². The van der Waals surface area contributed by atoms with Gasteiger partial charge in [0.05, 0.1) is 11.8 Å². The van der Waals surface area contributed by atoms with Crippen molar-refractivity contribution in [2.45, 2.75) is 0 Å². The van der Waals surface area contributed by atoms with Crippen LogP contribution in [-0.4, -0.2) is 9.78 Å². The van der Waals surface area contributed by atoms with E-state index in [-0.39, 0.29) is 5.56 Å². The van der Waals surface area contributed by atoms with Gasteiger partial charge in [-0.15, -0.1) is 0 Å². The van der Waals surface area contributed by atoms with Crippen LogP contribution in [0.5, 0.6) is 0 Å². The second kappa shape index (κ2) is 5.52. The molecule has 3 nitrogen and oxygen atoms in total. The number of halogens is 2. The molecule has 0 fully saturated rings. The molecule has 1 aromatic heterocycles. The van der Waals surface area contributed by atoms with Crippen LogP contribution in [0.4, 0.5) is 8.78 Å². The van der Waals surface area contributed by atoms with Crippen molar-refractivity contribution in [2.24, 2.45) is 7.05 Å². The Hall–Kier alpha value is -2.82. The minimum absolute atomic E-state index is 0.294. The molecule has 0 saturated heterocycles. The maximum Gasteiger partial charge on any atom is 0.274 e. The quantitative estimate of drug-likeness (QED) is 0.727. The lowest BCUT2D eigenvalue weighted by Crippen LogP contribution is -2.21. The average molecular weight is 298 g/mol. The summed E-state index contributed by atoms with van der Waals surface area (Å²) in [6, 6.07) is 11.6. The molecule has 0 atom stereocenters. The van der Waals surface area contributed by atoms with Crippen molar-refractivity contribution in [1.29, 1.82) is 0 Å². The molecule has 0 spiro atoms. The maximum atomic E-state index is 13.5. The largest absolute Gasteiger partial charge is 0.274 e. The Morgan fingerprint density at radius 1 is 0.955 bits per heavy atom. The summed E-state index contributed by atoms with van der Waals surface area (Å²) in [6.07, 6.45) is 1.48. The first-order chi connectivity index (χ1) is 10.6. The highest BCUT2D eigenvalue weighted by atomic mass is 19.1. The molecule has 0 radical (unpaired) electrons. The lowest BCUT2D eigenvalue weighted by atomic mass is 9.97. The number of rotatable bonds is 2. The van der Waals surface area contributed by atoms with E-state index in [0.717, 1.165) is 0 Å². The van der Waals surface area contributed by atoms with Gasteiger partial charge in [0.15, 0.2) is 0 Å². The number of benzene rings is 2. The highest BCUT2D eigenvalue weighted by Crippen LogP contribution is 2.29. The highest BCUT2D eigenvalue weighted by Gasteiger charge is 2.14. The standard InChI is InChI=1S/C17H12F2N2O/c1-21-17(22)16(12-5-3-7-14(19)9-12)15(10-20-21)11-4-2-6-13(18)8-11/h2-10H,1H3. The number of nitrogens with zero attached hydrogens (tertiary/aromatic N) is 2. The Bertz CT molecular complexity index is 903. The van der Waals surface area contributed by atoms with E-state index in [1.807, 2.05) is 0 Å². The third-order valence-electron chi connectivity index (χ3n) is 3.39. The highest BCUT2D eigenvalue weighted by molar-refractivity contribution is 5.82. The molecule has 0 aliphatic rings. The first kappa shape index (κ1) is 14.1. The molecule has 3 aromatic rings. The summed E-state index contributed by atoms with van der Waals surface area (Å²) in [5, 5.41) is 3.98. The minimum Gasteiger partial charge on any atom is -0.267 e. The molecule has 5 heteroatoms. The van der Waals surface area contributed by atoms with E-state index in [4.69, 9.17) is 0 Å². The topological polar surface area (TPSA) is 34.9 Å². The molecule has 2 aromatic carbocycles. The van der Waals surface area contributed by atoms with Gasteiger partial charge in [0, 0.05) is 12.6 Å². The summed E-state index contributed by atoms with van der Waals surface area (Å²) in [7, 11) is 1.51. The van der Waals surface area contributed by atoms with Crippen molar-refractivity contribution in [3.05, 3.63) is 76.7 Å². The van der Waals surface area contributed by atoms with Gasteiger partial charge in [0.2, 0.25) is 0 Å². The normalized spacial score (nSPS) is 10.7. The van der Waals surface area contributed by atoms with E-state index in [2.05, 4.69) is 5.10 Å². The van der Waals surface area contributed by atoms with Gasteiger partial charge < -0.3 is 0 Å². The molecular formula is C17H12F2N2O. The van der Waals surface area contributed by atoms with E-state index in [1.54, 1.807) is 18.2 Å². The van der Waals surface area contributed by atoms with Crippen LogP contribution in [0.3, 0.4) is 0 Å². The molecule has 0 N–H and O–H groups in total. The number of aromatic nitrogens is 2. The van der Waals surface area contributed by atoms with Gasteiger partial charge in [0.1, 0.15) is 11.6 Å². The van der Waals surface area contributed by atoms with Gasteiger partial charge in [0.25, 0.3) is 5.56 Å². The van der Waals surface area contributed by atoms with Gasteiger partial charge in [-0.1, -0.05) is 24.3 Å². The van der Waals surface area contributed by atoms with E-state index in [9.17, 15) is 13.6 Å². The van der Waals surface area contributed by atoms with Crippen molar-refractivity contribution >= 4 is 0 Å². The molecule has 3 rings (SSSR count). The first-order valence-electron chi connectivity index (χ1n) is 6.64. The van der Waals surface area contributed by atoms with Crippen LogP contribution in [0, 0.1) is 11.6 Å². The second-order valence-corrected chi connectivity index (χ2v) is 4.88.